The van der Waals surface area contributed by atoms with Gasteiger partial charge in [-0.2, -0.15) is 0 Å². The number of nitrogens with zero attached hydrogens (tertiary/aromatic N) is 5. The molecule has 5 heterocycles. The topological polar surface area (TPSA) is 125 Å². The Morgan fingerprint density at radius 2 is 1.66 bits per heavy atom. The number of benzene rings is 1. The summed E-state index contributed by atoms with van der Waals surface area (Å²) >= 11 is 0. The number of amides is 1. The Labute approximate surface area is 241 Å². The van der Waals surface area contributed by atoms with Crippen molar-refractivity contribution in [1.29, 1.82) is 0 Å². The Morgan fingerprint density at radius 3 is 2.32 bits per heavy atom. The number of carbonyl (C=O) groups is 1. The number of hydrogen-bond acceptors (Lipinski definition) is 10. The molecule has 3 aliphatic rings. The molecule has 0 atom stereocenters. The first-order chi connectivity index (χ1) is 20.0. The SMILES string of the molecule is CN1CCN(C2CCN(c3ccc(Nc4nc(NC5CCOCC5)c(-c5ccoc5)nc4C(N)=O)cc3)CC2)CC1. The fourth-order valence-corrected chi connectivity index (χ4v) is 6.00. The number of carbonyl (C=O) groups excluding carboxylic acids is 1. The summed E-state index contributed by atoms with van der Waals surface area (Å²) in [6.07, 6.45) is 7.26. The number of rotatable bonds is 8. The lowest BCUT2D eigenvalue weighted by molar-refractivity contribution is 0.0904. The van der Waals surface area contributed by atoms with Crippen LogP contribution in [0.3, 0.4) is 0 Å². The third-order valence-electron chi connectivity index (χ3n) is 8.50. The molecule has 0 spiro atoms. The molecule has 2 aromatic heterocycles. The smallest absolute Gasteiger partial charge is 0.271 e. The Bertz CT molecular complexity index is 1290. The molecule has 4 N–H and O–H groups in total. The average Bonchev–Trinajstić information content (AvgIpc) is 3.54. The number of hydrogen-bond donors (Lipinski definition) is 3. The zero-order valence-electron chi connectivity index (χ0n) is 23.7. The largest absolute Gasteiger partial charge is 0.472 e. The van der Waals surface area contributed by atoms with Gasteiger partial charge in [-0.05, 0) is 63.1 Å². The van der Waals surface area contributed by atoms with Gasteiger partial charge in [-0.15, -0.1) is 0 Å². The predicted molar refractivity (Wildman–Crippen MR) is 160 cm³/mol. The highest BCUT2D eigenvalue weighted by molar-refractivity contribution is 5.97. The fourth-order valence-electron chi connectivity index (χ4n) is 6.00. The van der Waals surface area contributed by atoms with Crippen LogP contribution >= 0.6 is 0 Å². The van der Waals surface area contributed by atoms with Crippen molar-refractivity contribution >= 4 is 28.9 Å². The highest BCUT2D eigenvalue weighted by Gasteiger charge is 2.27. The molecule has 11 nitrogen and oxygen atoms in total. The van der Waals surface area contributed by atoms with Crippen LogP contribution in [0.15, 0.2) is 47.3 Å². The quantitative estimate of drug-likeness (QED) is 0.378. The first-order valence-corrected chi connectivity index (χ1v) is 14.7. The van der Waals surface area contributed by atoms with Crippen LogP contribution in [0.2, 0.25) is 0 Å². The summed E-state index contributed by atoms with van der Waals surface area (Å²) in [5.41, 5.74) is 9.10. The number of anilines is 4. The van der Waals surface area contributed by atoms with E-state index in [9.17, 15) is 4.79 Å². The van der Waals surface area contributed by atoms with Gasteiger partial charge in [0.25, 0.3) is 5.91 Å². The maximum Gasteiger partial charge on any atom is 0.271 e. The highest BCUT2D eigenvalue weighted by atomic mass is 16.5. The van der Waals surface area contributed by atoms with Crippen molar-refractivity contribution < 1.29 is 13.9 Å². The third kappa shape index (κ3) is 6.47. The van der Waals surface area contributed by atoms with Crippen molar-refractivity contribution in [1.82, 2.24) is 19.8 Å². The molecule has 1 amide bonds. The van der Waals surface area contributed by atoms with Crippen LogP contribution in [0.4, 0.5) is 23.0 Å². The highest BCUT2D eigenvalue weighted by Crippen LogP contribution is 2.31. The number of furan rings is 1. The first kappa shape index (κ1) is 27.5. The second-order valence-corrected chi connectivity index (χ2v) is 11.3. The standard InChI is InChI=1S/C30H40N8O3/c1-36-13-15-38(16-14-36)25-6-11-37(12-7-25)24-4-2-22(3-5-24)32-30-27(28(31)39)34-26(21-8-17-41-20-21)29(35-30)33-23-9-18-40-19-10-23/h2-5,8,17,20,23,25H,6-7,9-16,18-19H2,1H3,(H2,31,39)(H2,32,33,35). The van der Waals surface area contributed by atoms with Crippen molar-refractivity contribution in [3.63, 3.8) is 0 Å². The number of primary amides is 1. The van der Waals surface area contributed by atoms with E-state index in [1.54, 1.807) is 18.6 Å². The van der Waals surface area contributed by atoms with Crippen molar-refractivity contribution in [2.24, 2.45) is 5.73 Å². The zero-order valence-corrected chi connectivity index (χ0v) is 23.7. The van der Waals surface area contributed by atoms with Crippen LogP contribution in [0, 0.1) is 0 Å². The van der Waals surface area contributed by atoms with Gasteiger partial charge < -0.3 is 35.3 Å². The van der Waals surface area contributed by atoms with Crippen LogP contribution in [0.25, 0.3) is 11.3 Å². The van der Waals surface area contributed by atoms with Crippen LogP contribution < -0.4 is 21.3 Å². The summed E-state index contributed by atoms with van der Waals surface area (Å²) in [6, 6.07) is 10.9. The van der Waals surface area contributed by atoms with E-state index in [1.165, 1.54) is 31.6 Å². The van der Waals surface area contributed by atoms with Gasteiger partial charge >= 0.3 is 0 Å². The van der Waals surface area contributed by atoms with E-state index in [-0.39, 0.29) is 11.7 Å². The van der Waals surface area contributed by atoms with Crippen LogP contribution in [-0.4, -0.2) is 97.3 Å². The van der Waals surface area contributed by atoms with Crippen LogP contribution in [-0.2, 0) is 4.74 Å². The van der Waals surface area contributed by atoms with E-state index in [2.05, 4.69) is 49.5 Å². The molecule has 6 rings (SSSR count). The first-order valence-electron chi connectivity index (χ1n) is 14.7. The third-order valence-corrected chi connectivity index (χ3v) is 8.50. The minimum Gasteiger partial charge on any atom is -0.472 e. The van der Waals surface area contributed by atoms with Crippen molar-refractivity contribution in [3.05, 3.63) is 48.6 Å². The molecule has 1 aromatic carbocycles. The molecule has 218 valence electrons. The van der Waals surface area contributed by atoms with Gasteiger partial charge in [0.05, 0.1) is 12.5 Å². The second kappa shape index (κ2) is 12.5. The molecular weight excluding hydrogens is 520 g/mol. The summed E-state index contributed by atoms with van der Waals surface area (Å²) in [5, 5.41) is 6.81. The van der Waals surface area contributed by atoms with Crippen molar-refractivity contribution in [2.75, 3.05) is 75.1 Å². The maximum atomic E-state index is 12.5. The van der Waals surface area contributed by atoms with Gasteiger partial charge in [0.1, 0.15) is 5.69 Å². The Hall–Kier alpha value is -3.67. The van der Waals surface area contributed by atoms with E-state index in [0.717, 1.165) is 50.3 Å². The Kier molecular flexibility index (Phi) is 8.36. The number of nitrogens with one attached hydrogen (secondary N) is 2. The number of aromatic nitrogens is 2. The van der Waals surface area contributed by atoms with Crippen LogP contribution in [0.1, 0.15) is 36.2 Å². The number of nitrogens with two attached hydrogens (primary N) is 1. The second-order valence-electron chi connectivity index (χ2n) is 11.3. The number of ether oxygens (including phenoxy) is 1. The molecule has 0 aliphatic carbocycles. The maximum absolute atomic E-state index is 12.5. The molecule has 3 fully saturated rings. The van der Waals surface area contributed by atoms with Crippen molar-refractivity contribution in [3.8, 4) is 11.3 Å². The molecule has 3 saturated heterocycles. The predicted octanol–water partition coefficient (Wildman–Crippen LogP) is 3.39. The monoisotopic (exact) mass is 560 g/mol. The summed E-state index contributed by atoms with van der Waals surface area (Å²) in [5.74, 6) is 0.243. The summed E-state index contributed by atoms with van der Waals surface area (Å²) in [6.45, 7) is 8.16. The molecule has 0 radical (unpaired) electrons. The summed E-state index contributed by atoms with van der Waals surface area (Å²) in [7, 11) is 2.21. The fraction of sp³-hybridized carbons (Fsp3) is 0.500. The lowest BCUT2D eigenvalue weighted by Crippen LogP contribution is -2.52. The van der Waals surface area contributed by atoms with Crippen LogP contribution in [0.5, 0.6) is 0 Å². The lowest BCUT2D eigenvalue weighted by Gasteiger charge is -2.42. The Morgan fingerprint density at radius 1 is 0.927 bits per heavy atom. The van der Waals surface area contributed by atoms with Gasteiger partial charge in [-0.25, -0.2) is 9.97 Å². The van der Waals surface area contributed by atoms with Gasteiger partial charge in [0.15, 0.2) is 17.3 Å². The minimum atomic E-state index is -0.651. The van der Waals surface area contributed by atoms with Gasteiger partial charge in [0, 0.05) is 81.5 Å². The van der Waals surface area contributed by atoms with E-state index < -0.39 is 5.91 Å². The molecule has 0 unspecified atom stereocenters. The van der Waals surface area contributed by atoms with Gasteiger partial charge in [-0.3, -0.25) is 9.69 Å². The Balaban J connectivity index is 1.17. The van der Waals surface area contributed by atoms with E-state index in [1.807, 2.05) is 12.1 Å². The number of piperidine rings is 1. The molecule has 11 heteroatoms. The number of likely N-dealkylation sites (N-methyl/N-ethyl adjacent to an activating group) is 1. The number of piperazine rings is 1. The molecular formula is C30H40N8O3. The molecule has 3 aromatic rings. The summed E-state index contributed by atoms with van der Waals surface area (Å²) in [4.78, 5) is 29.5. The van der Waals surface area contributed by atoms with E-state index in [4.69, 9.17) is 19.9 Å². The molecule has 0 bridgehead atoms. The minimum absolute atomic E-state index is 0.0776. The molecule has 0 saturated carbocycles. The van der Waals surface area contributed by atoms with E-state index in [0.29, 0.717) is 36.6 Å². The molecule has 3 aliphatic heterocycles. The average molecular weight is 561 g/mol. The van der Waals surface area contributed by atoms with Crippen molar-refractivity contribution in [2.45, 2.75) is 37.8 Å². The summed E-state index contributed by atoms with van der Waals surface area (Å²) < 4.78 is 10.8. The van der Waals surface area contributed by atoms with Gasteiger partial charge in [0.2, 0.25) is 0 Å². The molecule has 41 heavy (non-hydrogen) atoms. The van der Waals surface area contributed by atoms with E-state index >= 15 is 0 Å². The van der Waals surface area contributed by atoms with Gasteiger partial charge in [-0.1, -0.05) is 0 Å². The lowest BCUT2D eigenvalue weighted by atomic mass is 10.0. The normalized spacial score (nSPS) is 19.8. The zero-order chi connectivity index (χ0) is 28.2.